The summed E-state index contributed by atoms with van der Waals surface area (Å²) >= 11 is 1.60. The Morgan fingerprint density at radius 2 is 2.00 bits per heavy atom. The van der Waals surface area contributed by atoms with Gasteiger partial charge in [0.05, 0.1) is 24.9 Å². The number of benzene rings is 1. The first kappa shape index (κ1) is 21.6. The lowest BCUT2D eigenvalue weighted by atomic mass is 10.2. The van der Waals surface area contributed by atoms with Gasteiger partial charge in [0.25, 0.3) is 11.8 Å². The molecule has 0 saturated heterocycles. The van der Waals surface area contributed by atoms with Gasteiger partial charge in [-0.1, -0.05) is 19.1 Å². The topological polar surface area (TPSA) is 75.9 Å². The molecule has 0 saturated carbocycles. The minimum Gasteiger partial charge on any atom is -0.497 e. The molecule has 7 nitrogen and oxygen atoms in total. The van der Waals surface area contributed by atoms with Crippen molar-refractivity contribution in [2.24, 2.45) is 0 Å². The molecule has 0 radical (unpaired) electrons. The fraction of sp³-hybridized carbons (Fsp3) is 0.208. The van der Waals surface area contributed by atoms with Crippen molar-refractivity contribution in [1.82, 2.24) is 14.7 Å². The maximum Gasteiger partial charge on any atom is 0.259 e. The highest BCUT2D eigenvalue weighted by Gasteiger charge is 2.22. The van der Waals surface area contributed by atoms with E-state index in [1.165, 1.54) is 0 Å². The highest BCUT2D eigenvalue weighted by atomic mass is 32.1. The van der Waals surface area contributed by atoms with Crippen molar-refractivity contribution >= 4 is 34.6 Å². The lowest BCUT2D eigenvalue weighted by Gasteiger charge is -2.19. The van der Waals surface area contributed by atoms with E-state index in [0.717, 1.165) is 10.6 Å². The number of methoxy groups -OCH3 is 1. The van der Waals surface area contributed by atoms with E-state index in [1.54, 1.807) is 77.4 Å². The second-order valence-corrected chi connectivity index (χ2v) is 8.27. The third kappa shape index (κ3) is 4.22. The third-order valence-electron chi connectivity index (χ3n) is 5.20. The number of amides is 2. The number of aryl methyl sites for hydroxylation is 1. The molecule has 0 aliphatic heterocycles. The van der Waals surface area contributed by atoms with E-state index in [1.807, 2.05) is 24.4 Å². The molecular weight excluding hydrogens is 424 g/mol. The van der Waals surface area contributed by atoms with E-state index >= 15 is 0 Å². The fourth-order valence-electron chi connectivity index (χ4n) is 3.54. The second-order valence-electron chi connectivity index (χ2n) is 7.24. The monoisotopic (exact) mass is 448 g/mol. The van der Waals surface area contributed by atoms with Crippen molar-refractivity contribution in [2.75, 3.05) is 19.1 Å². The number of carbonyl (C=O) groups is 2. The Morgan fingerprint density at radius 3 is 2.72 bits per heavy atom. The van der Waals surface area contributed by atoms with E-state index in [4.69, 9.17) is 4.74 Å². The first-order chi connectivity index (χ1) is 15.5. The number of nitrogens with one attached hydrogen (secondary N) is 1. The van der Waals surface area contributed by atoms with Gasteiger partial charge in [-0.25, -0.2) is 4.98 Å². The zero-order chi connectivity index (χ0) is 22.7. The van der Waals surface area contributed by atoms with Gasteiger partial charge in [0.1, 0.15) is 17.2 Å². The van der Waals surface area contributed by atoms with E-state index < -0.39 is 0 Å². The van der Waals surface area contributed by atoms with Crippen LogP contribution in [0.15, 0.2) is 60.1 Å². The van der Waals surface area contributed by atoms with Gasteiger partial charge in [-0.2, -0.15) is 0 Å². The summed E-state index contributed by atoms with van der Waals surface area (Å²) in [5.41, 5.74) is 2.46. The molecule has 32 heavy (non-hydrogen) atoms. The van der Waals surface area contributed by atoms with Gasteiger partial charge in [-0.05, 0) is 48.2 Å². The maximum absolute atomic E-state index is 13.2. The number of nitrogens with zero attached hydrogens (tertiary/aromatic N) is 3. The Hall–Kier alpha value is -3.65. The number of hydrogen-bond acceptors (Lipinski definition) is 5. The second kappa shape index (κ2) is 9.23. The highest BCUT2D eigenvalue weighted by molar-refractivity contribution is 7.09. The summed E-state index contributed by atoms with van der Waals surface area (Å²) in [4.78, 5) is 33.3. The summed E-state index contributed by atoms with van der Waals surface area (Å²) < 4.78 is 7.05. The predicted molar refractivity (Wildman–Crippen MR) is 126 cm³/mol. The van der Waals surface area contributed by atoms with E-state index in [0.29, 0.717) is 41.3 Å². The van der Waals surface area contributed by atoms with Crippen LogP contribution in [0, 0.1) is 0 Å². The van der Waals surface area contributed by atoms with Gasteiger partial charge in [0, 0.05) is 23.7 Å². The number of ether oxygens (including phenoxy) is 1. The highest BCUT2D eigenvalue weighted by Crippen LogP contribution is 2.25. The van der Waals surface area contributed by atoms with Gasteiger partial charge in [0.15, 0.2) is 0 Å². The van der Waals surface area contributed by atoms with Gasteiger partial charge in [-0.15, -0.1) is 11.3 Å². The molecule has 0 aliphatic carbocycles. The number of aromatic nitrogens is 2. The molecule has 4 rings (SSSR count). The molecule has 3 aromatic heterocycles. The first-order valence-electron chi connectivity index (χ1n) is 10.3. The molecule has 0 unspecified atom stereocenters. The summed E-state index contributed by atoms with van der Waals surface area (Å²) in [5.74, 6) is 0.888. The average Bonchev–Trinajstić information content (AvgIpc) is 3.48. The van der Waals surface area contributed by atoms with Crippen molar-refractivity contribution in [3.05, 3.63) is 81.8 Å². The van der Waals surface area contributed by atoms with Crippen LogP contribution in [0.1, 0.15) is 38.2 Å². The van der Waals surface area contributed by atoms with Gasteiger partial charge >= 0.3 is 0 Å². The molecular formula is C24H24N4O3S. The standard InChI is InChI=1S/C24H24N4O3S/c1-4-20-23(27(2)24(30)16-7-5-8-18(13-16)31-3)28-15-17(10-11-21(28)26-20)22(29)25-14-19-9-6-12-32-19/h5-13,15H,4,14H2,1-3H3,(H,25,29). The molecule has 3 heterocycles. The van der Waals surface area contributed by atoms with E-state index in [-0.39, 0.29) is 11.8 Å². The van der Waals surface area contributed by atoms with Gasteiger partial charge in [-0.3, -0.25) is 18.9 Å². The van der Waals surface area contributed by atoms with Crippen molar-refractivity contribution in [2.45, 2.75) is 19.9 Å². The predicted octanol–water partition coefficient (Wildman–Crippen LogP) is 4.17. The molecule has 164 valence electrons. The molecule has 8 heteroatoms. The number of anilines is 1. The number of thiophene rings is 1. The minimum absolute atomic E-state index is 0.181. The van der Waals surface area contributed by atoms with Crippen LogP contribution in [0.3, 0.4) is 0 Å². The van der Waals surface area contributed by atoms with Crippen molar-refractivity contribution in [3.8, 4) is 5.75 Å². The van der Waals surface area contributed by atoms with Crippen LogP contribution in [0.4, 0.5) is 5.82 Å². The number of carbonyl (C=O) groups excluding carboxylic acids is 2. The Kier molecular flexibility index (Phi) is 6.23. The van der Waals surface area contributed by atoms with Gasteiger partial charge < -0.3 is 10.1 Å². The third-order valence-corrected chi connectivity index (χ3v) is 6.08. The molecule has 0 atom stereocenters. The zero-order valence-electron chi connectivity index (χ0n) is 18.2. The number of rotatable bonds is 7. The maximum atomic E-state index is 13.2. The zero-order valence-corrected chi connectivity index (χ0v) is 19.0. The largest absolute Gasteiger partial charge is 0.497 e. The summed E-state index contributed by atoms with van der Waals surface area (Å²) in [6, 6.07) is 14.5. The Bertz CT molecular complexity index is 1260. The molecule has 0 spiro atoms. The Morgan fingerprint density at radius 1 is 1.16 bits per heavy atom. The Labute approximate surface area is 190 Å². The summed E-state index contributed by atoms with van der Waals surface area (Å²) in [5, 5.41) is 4.92. The van der Waals surface area contributed by atoms with Crippen LogP contribution in [-0.4, -0.2) is 35.4 Å². The molecule has 1 N–H and O–H groups in total. The SMILES string of the molecule is CCc1nc2ccc(C(=O)NCc3cccs3)cn2c1N(C)C(=O)c1cccc(OC)c1. The first-order valence-corrected chi connectivity index (χ1v) is 11.1. The van der Waals surface area contributed by atoms with Crippen LogP contribution >= 0.6 is 11.3 Å². The molecule has 0 fully saturated rings. The van der Waals surface area contributed by atoms with Crippen LogP contribution in [0.5, 0.6) is 5.75 Å². The summed E-state index contributed by atoms with van der Waals surface area (Å²) in [6.45, 7) is 2.46. The van der Waals surface area contributed by atoms with Crippen LogP contribution in [0.2, 0.25) is 0 Å². The lowest BCUT2D eigenvalue weighted by Crippen LogP contribution is -2.28. The molecule has 1 aromatic carbocycles. The van der Waals surface area contributed by atoms with Gasteiger partial charge in [0.2, 0.25) is 0 Å². The Balaban J connectivity index is 1.67. The van der Waals surface area contributed by atoms with E-state index in [9.17, 15) is 9.59 Å². The van der Waals surface area contributed by atoms with Crippen molar-refractivity contribution in [1.29, 1.82) is 0 Å². The number of imidazole rings is 1. The lowest BCUT2D eigenvalue weighted by molar-refractivity contribution is 0.0950. The molecule has 0 bridgehead atoms. The van der Waals surface area contributed by atoms with Crippen LogP contribution in [-0.2, 0) is 13.0 Å². The van der Waals surface area contributed by atoms with Crippen molar-refractivity contribution < 1.29 is 14.3 Å². The van der Waals surface area contributed by atoms with Crippen molar-refractivity contribution in [3.63, 3.8) is 0 Å². The van der Waals surface area contributed by atoms with Crippen LogP contribution < -0.4 is 15.0 Å². The average molecular weight is 449 g/mol. The number of fused-ring (bicyclic) bond motifs is 1. The minimum atomic E-state index is -0.187. The number of pyridine rings is 1. The number of hydrogen-bond donors (Lipinski definition) is 1. The fourth-order valence-corrected chi connectivity index (χ4v) is 4.18. The van der Waals surface area contributed by atoms with E-state index in [2.05, 4.69) is 10.3 Å². The molecule has 4 aromatic rings. The summed E-state index contributed by atoms with van der Waals surface area (Å²) in [6.07, 6.45) is 2.38. The smallest absolute Gasteiger partial charge is 0.259 e. The molecule has 2 amide bonds. The van der Waals surface area contributed by atoms with Crippen LogP contribution in [0.25, 0.3) is 5.65 Å². The molecule has 0 aliphatic rings. The normalized spacial score (nSPS) is 10.8. The summed E-state index contributed by atoms with van der Waals surface area (Å²) in [7, 11) is 3.28. The quantitative estimate of drug-likeness (QED) is 0.460.